The number of piperidine rings is 1. The lowest BCUT2D eigenvalue weighted by Crippen LogP contribution is -2.37. The Bertz CT molecular complexity index is 340. The fourth-order valence-electron chi connectivity index (χ4n) is 2.50. The number of ether oxygens (including phenoxy) is 1. The van der Waals surface area contributed by atoms with Crippen molar-refractivity contribution in [3.63, 3.8) is 0 Å². The highest BCUT2D eigenvalue weighted by Crippen LogP contribution is 2.35. The smallest absolute Gasteiger partial charge is 0.122 e. The molecule has 16 heavy (non-hydrogen) atoms. The van der Waals surface area contributed by atoms with E-state index in [4.69, 9.17) is 4.74 Å². The molecule has 3 heteroatoms. The maximum atomic E-state index is 9.41. The van der Waals surface area contributed by atoms with Gasteiger partial charge in [0.25, 0.3) is 0 Å². The van der Waals surface area contributed by atoms with E-state index < -0.39 is 0 Å². The van der Waals surface area contributed by atoms with Gasteiger partial charge >= 0.3 is 0 Å². The topological polar surface area (TPSA) is 41.5 Å². The summed E-state index contributed by atoms with van der Waals surface area (Å²) in [6.45, 7) is 2.13. The van der Waals surface area contributed by atoms with Crippen molar-refractivity contribution in [2.24, 2.45) is 5.92 Å². The number of methoxy groups -OCH3 is 1. The van der Waals surface area contributed by atoms with Crippen LogP contribution >= 0.6 is 0 Å². The molecule has 2 N–H and O–H groups in total. The number of para-hydroxylation sites is 1. The normalized spacial score (nSPS) is 25.4. The van der Waals surface area contributed by atoms with Gasteiger partial charge in [-0.3, -0.25) is 0 Å². The zero-order valence-corrected chi connectivity index (χ0v) is 9.65. The Kier molecular flexibility index (Phi) is 3.80. The summed E-state index contributed by atoms with van der Waals surface area (Å²) < 4.78 is 5.39. The molecule has 0 bridgehead atoms. The first-order valence-electron chi connectivity index (χ1n) is 5.81. The van der Waals surface area contributed by atoms with Gasteiger partial charge < -0.3 is 15.2 Å². The van der Waals surface area contributed by atoms with Gasteiger partial charge in [0.15, 0.2) is 0 Å². The van der Waals surface area contributed by atoms with Gasteiger partial charge in [0.05, 0.1) is 7.11 Å². The van der Waals surface area contributed by atoms with E-state index >= 15 is 0 Å². The molecule has 0 unspecified atom stereocenters. The zero-order chi connectivity index (χ0) is 11.4. The monoisotopic (exact) mass is 221 g/mol. The number of nitrogens with one attached hydrogen (secondary N) is 1. The third-order valence-electron chi connectivity index (χ3n) is 3.38. The van der Waals surface area contributed by atoms with Crippen LogP contribution in [0.15, 0.2) is 24.3 Å². The highest BCUT2D eigenvalue weighted by atomic mass is 16.5. The molecule has 1 aliphatic rings. The lowest BCUT2D eigenvalue weighted by molar-refractivity contribution is 0.178. The first kappa shape index (κ1) is 11.4. The van der Waals surface area contributed by atoms with Crippen LogP contribution in [0.1, 0.15) is 17.9 Å². The highest BCUT2D eigenvalue weighted by molar-refractivity contribution is 5.37. The Balaban J connectivity index is 2.26. The zero-order valence-electron chi connectivity index (χ0n) is 9.65. The van der Waals surface area contributed by atoms with Crippen LogP contribution in [0.25, 0.3) is 0 Å². The SMILES string of the molecule is COc1ccccc1[C@@H]1CCNC[C@H]1CO. The summed E-state index contributed by atoms with van der Waals surface area (Å²) in [5.41, 5.74) is 1.23. The molecule has 2 atom stereocenters. The molecule has 0 spiro atoms. The van der Waals surface area contributed by atoms with Crippen LogP contribution < -0.4 is 10.1 Å². The van der Waals surface area contributed by atoms with Crippen molar-refractivity contribution < 1.29 is 9.84 Å². The first-order chi connectivity index (χ1) is 7.86. The molecule has 1 heterocycles. The molecule has 0 aliphatic carbocycles. The molecular formula is C13H19NO2. The van der Waals surface area contributed by atoms with E-state index in [9.17, 15) is 5.11 Å². The van der Waals surface area contributed by atoms with Crippen molar-refractivity contribution in [1.29, 1.82) is 0 Å². The van der Waals surface area contributed by atoms with Gasteiger partial charge in [-0.05, 0) is 30.5 Å². The Morgan fingerprint density at radius 1 is 1.44 bits per heavy atom. The van der Waals surface area contributed by atoms with Crippen LogP contribution in [0.4, 0.5) is 0 Å². The summed E-state index contributed by atoms with van der Waals surface area (Å²) in [5.74, 6) is 1.64. The van der Waals surface area contributed by atoms with Gasteiger partial charge in [0.2, 0.25) is 0 Å². The van der Waals surface area contributed by atoms with Crippen LogP contribution in [-0.4, -0.2) is 31.9 Å². The third-order valence-corrected chi connectivity index (χ3v) is 3.38. The van der Waals surface area contributed by atoms with E-state index in [2.05, 4.69) is 11.4 Å². The first-order valence-corrected chi connectivity index (χ1v) is 5.81. The van der Waals surface area contributed by atoms with E-state index in [0.29, 0.717) is 11.8 Å². The van der Waals surface area contributed by atoms with Crippen molar-refractivity contribution in [1.82, 2.24) is 5.32 Å². The summed E-state index contributed by atoms with van der Waals surface area (Å²) in [6.07, 6.45) is 1.06. The minimum Gasteiger partial charge on any atom is -0.496 e. The third kappa shape index (κ3) is 2.20. The number of aliphatic hydroxyl groups excluding tert-OH is 1. The Hall–Kier alpha value is -1.06. The molecule has 3 nitrogen and oxygen atoms in total. The second-order valence-corrected chi connectivity index (χ2v) is 4.28. The number of benzene rings is 1. The van der Waals surface area contributed by atoms with E-state index in [1.54, 1.807) is 7.11 Å². The van der Waals surface area contributed by atoms with Gasteiger partial charge in [0.1, 0.15) is 5.75 Å². The average molecular weight is 221 g/mol. The maximum Gasteiger partial charge on any atom is 0.122 e. The quantitative estimate of drug-likeness (QED) is 0.810. The molecule has 0 amide bonds. The van der Waals surface area contributed by atoms with E-state index in [1.807, 2.05) is 18.2 Å². The van der Waals surface area contributed by atoms with Crippen LogP contribution in [0.2, 0.25) is 0 Å². The van der Waals surface area contributed by atoms with Gasteiger partial charge in [-0.15, -0.1) is 0 Å². The van der Waals surface area contributed by atoms with Gasteiger partial charge in [-0.25, -0.2) is 0 Å². The summed E-state index contributed by atoms with van der Waals surface area (Å²) in [4.78, 5) is 0. The number of rotatable bonds is 3. The maximum absolute atomic E-state index is 9.41. The number of aliphatic hydroxyl groups is 1. The fraction of sp³-hybridized carbons (Fsp3) is 0.538. The van der Waals surface area contributed by atoms with Crippen LogP contribution in [-0.2, 0) is 0 Å². The predicted molar refractivity (Wildman–Crippen MR) is 63.8 cm³/mol. The molecule has 1 aromatic carbocycles. The predicted octanol–water partition coefficient (Wildman–Crippen LogP) is 1.38. The summed E-state index contributed by atoms with van der Waals surface area (Å²) in [6, 6.07) is 8.12. The minimum absolute atomic E-state index is 0.232. The lowest BCUT2D eigenvalue weighted by Gasteiger charge is -2.32. The lowest BCUT2D eigenvalue weighted by atomic mass is 9.81. The highest BCUT2D eigenvalue weighted by Gasteiger charge is 2.27. The van der Waals surface area contributed by atoms with Gasteiger partial charge in [-0.2, -0.15) is 0 Å². The molecule has 1 aliphatic heterocycles. The molecular weight excluding hydrogens is 202 g/mol. The standard InChI is InChI=1S/C13H19NO2/c1-16-13-5-3-2-4-12(13)11-6-7-14-8-10(11)9-15/h2-5,10-11,14-15H,6-9H2,1H3/t10-,11+/m0/s1. The second kappa shape index (κ2) is 5.32. The Labute approximate surface area is 96.4 Å². The summed E-state index contributed by atoms with van der Waals surface area (Å²) in [5, 5.41) is 12.7. The molecule has 1 fully saturated rings. The molecule has 0 saturated carbocycles. The second-order valence-electron chi connectivity index (χ2n) is 4.28. The minimum atomic E-state index is 0.232. The molecule has 1 saturated heterocycles. The van der Waals surface area contributed by atoms with Gasteiger partial charge in [0, 0.05) is 19.1 Å². The largest absolute Gasteiger partial charge is 0.496 e. The molecule has 1 aromatic rings. The van der Waals surface area contributed by atoms with Crippen LogP contribution in [0.5, 0.6) is 5.75 Å². The van der Waals surface area contributed by atoms with E-state index in [1.165, 1.54) is 5.56 Å². The van der Waals surface area contributed by atoms with Crippen molar-refractivity contribution in [3.8, 4) is 5.75 Å². The number of hydrogen-bond donors (Lipinski definition) is 2. The molecule has 88 valence electrons. The Morgan fingerprint density at radius 3 is 3.00 bits per heavy atom. The number of hydrogen-bond acceptors (Lipinski definition) is 3. The average Bonchev–Trinajstić information content (AvgIpc) is 2.38. The fourth-order valence-corrected chi connectivity index (χ4v) is 2.50. The van der Waals surface area contributed by atoms with Crippen LogP contribution in [0.3, 0.4) is 0 Å². The van der Waals surface area contributed by atoms with Gasteiger partial charge in [-0.1, -0.05) is 18.2 Å². The summed E-state index contributed by atoms with van der Waals surface area (Å²) >= 11 is 0. The van der Waals surface area contributed by atoms with E-state index in [0.717, 1.165) is 25.3 Å². The van der Waals surface area contributed by atoms with Crippen LogP contribution in [0, 0.1) is 5.92 Å². The van der Waals surface area contributed by atoms with Crippen molar-refractivity contribution in [2.75, 3.05) is 26.8 Å². The Morgan fingerprint density at radius 2 is 2.25 bits per heavy atom. The molecule has 0 radical (unpaired) electrons. The van der Waals surface area contributed by atoms with Crippen molar-refractivity contribution in [2.45, 2.75) is 12.3 Å². The molecule has 0 aromatic heterocycles. The summed E-state index contributed by atoms with van der Waals surface area (Å²) in [7, 11) is 1.70. The van der Waals surface area contributed by atoms with Crippen molar-refractivity contribution >= 4 is 0 Å². The van der Waals surface area contributed by atoms with E-state index in [-0.39, 0.29) is 6.61 Å². The molecule has 2 rings (SSSR count). The van der Waals surface area contributed by atoms with Crippen molar-refractivity contribution in [3.05, 3.63) is 29.8 Å².